The van der Waals surface area contributed by atoms with Crippen LogP contribution < -0.4 is 11.3 Å². The van der Waals surface area contributed by atoms with Crippen LogP contribution in [0.15, 0.2) is 11.1 Å². The summed E-state index contributed by atoms with van der Waals surface area (Å²) in [6.07, 6.45) is 2.47. The number of rotatable bonds is 4. The van der Waals surface area contributed by atoms with E-state index in [4.69, 9.17) is 10.5 Å². The average Bonchev–Trinajstić information content (AvgIpc) is 3.02. The van der Waals surface area contributed by atoms with Crippen LogP contribution in [-0.2, 0) is 14.3 Å². The number of carbonyl (C=O) groups excluding carboxylic acids is 2. The highest BCUT2D eigenvalue weighted by molar-refractivity contribution is 5.70. The predicted molar refractivity (Wildman–Crippen MR) is 71.3 cm³/mol. The van der Waals surface area contributed by atoms with Gasteiger partial charge in [0.05, 0.1) is 12.4 Å². The van der Waals surface area contributed by atoms with Gasteiger partial charge in [0.25, 0.3) is 5.56 Å². The van der Waals surface area contributed by atoms with Crippen molar-refractivity contribution in [2.24, 2.45) is 5.92 Å². The molecule has 21 heavy (non-hydrogen) atoms. The number of aldehydes is 2. The summed E-state index contributed by atoms with van der Waals surface area (Å²) in [5, 5.41) is 0. The minimum atomic E-state index is -0.510. The summed E-state index contributed by atoms with van der Waals surface area (Å²) in [5.41, 5.74) is 5.53. The summed E-state index contributed by atoms with van der Waals surface area (Å²) < 4.78 is 7.26. The molecule has 9 heteroatoms. The fourth-order valence-electron chi connectivity index (χ4n) is 2.54. The summed E-state index contributed by atoms with van der Waals surface area (Å²) in [6.45, 7) is 0. The Balaban J connectivity index is 2.00. The number of anilines is 1. The van der Waals surface area contributed by atoms with Gasteiger partial charge in [0.1, 0.15) is 18.8 Å². The number of nitrogen functional groups attached to an aromatic ring is 1. The third-order valence-corrected chi connectivity index (χ3v) is 3.55. The normalized spacial score (nSPS) is 25.2. The van der Waals surface area contributed by atoms with Gasteiger partial charge in [0.15, 0.2) is 11.2 Å². The first-order chi connectivity index (χ1) is 10.1. The van der Waals surface area contributed by atoms with Crippen LogP contribution in [-0.4, -0.2) is 38.2 Å². The smallest absolute Gasteiger partial charge is 0.280 e. The first kappa shape index (κ1) is 13.4. The minimum absolute atomic E-state index is 0.0244. The van der Waals surface area contributed by atoms with Crippen molar-refractivity contribution >= 4 is 29.7 Å². The van der Waals surface area contributed by atoms with E-state index < -0.39 is 17.9 Å². The zero-order valence-electron chi connectivity index (χ0n) is 10.9. The molecule has 110 valence electrons. The number of H-pyrrole nitrogens is 1. The average molecular weight is 291 g/mol. The van der Waals surface area contributed by atoms with Crippen molar-refractivity contribution < 1.29 is 14.3 Å². The Bertz CT molecular complexity index is 752. The summed E-state index contributed by atoms with van der Waals surface area (Å²) in [5.74, 6) is -0.402. The molecule has 1 aliphatic rings. The van der Waals surface area contributed by atoms with Crippen molar-refractivity contribution in [3.05, 3.63) is 16.7 Å². The first-order valence-corrected chi connectivity index (χ1v) is 6.40. The van der Waals surface area contributed by atoms with Crippen molar-refractivity contribution in [3.63, 3.8) is 0 Å². The number of aromatic amines is 1. The largest absolute Gasteiger partial charge is 0.369 e. The molecular weight excluding hydrogens is 278 g/mol. The van der Waals surface area contributed by atoms with Gasteiger partial charge in [-0.3, -0.25) is 14.3 Å². The molecule has 3 atom stereocenters. The van der Waals surface area contributed by atoms with Crippen LogP contribution in [0.25, 0.3) is 11.2 Å². The van der Waals surface area contributed by atoms with Crippen LogP contribution in [0.4, 0.5) is 5.95 Å². The van der Waals surface area contributed by atoms with Gasteiger partial charge in [-0.25, -0.2) is 4.98 Å². The van der Waals surface area contributed by atoms with Crippen molar-refractivity contribution in [1.82, 2.24) is 19.5 Å². The molecule has 2 aromatic rings. The maximum absolute atomic E-state index is 11.7. The summed E-state index contributed by atoms with van der Waals surface area (Å²) in [6, 6.07) is 0. The lowest BCUT2D eigenvalue weighted by Gasteiger charge is -2.13. The molecule has 0 aromatic carbocycles. The number of fused-ring (bicyclic) bond motifs is 1. The second-order valence-corrected chi connectivity index (χ2v) is 4.84. The number of aromatic nitrogens is 4. The number of ether oxygens (including phenoxy) is 1. The molecule has 0 amide bonds. The third-order valence-electron chi connectivity index (χ3n) is 3.55. The fraction of sp³-hybridized carbons (Fsp3) is 0.417. The molecule has 3 rings (SSSR count). The van der Waals surface area contributed by atoms with Crippen molar-refractivity contribution in [1.29, 1.82) is 0 Å². The number of hydrogen-bond acceptors (Lipinski definition) is 7. The lowest BCUT2D eigenvalue weighted by Crippen LogP contribution is -2.17. The molecule has 1 aliphatic heterocycles. The minimum Gasteiger partial charge on any atom is -0.369 e. The molecule has 0 saturated carbocycles. The Kier molecular flexibility index (Phi) is 3.26. The quantitative estimate of drug-likeness (QED) is 0.718. The molecule has 0 aliphatic carbocycles. The van der Waals surface area contributed by atoms with Gasteiger partial charge < -0.3 is 20.1 Å². The number of imidazole rings is 1. The second-order valence-electron chi connectivity index (χ2n) is 4.84. The fourth-order valence-corrected chi connectivity index (χ4v) is 2.54. The molecule has 0 bridgehead atoms. The standard InChI is InChI=1S/C12H13N5O4/c13-12-15-10-9(11(20)16-12)14-5-17(10)8-3-6(4-19)7(21-8)1-2-18/h2,4-8H,1,3H2,(H3,13,15,16,20)/t6-,7-,8-/m1/s1. The Morgan fingerprint density at radius 3 is 3.05 bits per heavy atom. The van der Waals surface area contributed by atoms with Crippen molar-refractivity contribution in [2.45, 2.75) is 25.2 Å². The lowest BCUT2D eigenvalue weighted by molar-refractivity contribution is -0.115. The van der Waals surface area contributed by atoms with E-state index in [0.717, 1.165) is 12.6 Å². The SMILES string of the molecule is Nc1nc2c(ncn2[C@H]2C[C@H](C=O)[C@@H](CC=O)O2)c(=O)[nH]1. The van der Waals surface area contributed by atoms with Crippen molar-refractivity contribution in [2.75, 3.05) is 5.73 Å². The number of nitrogens with zero attached hydrogens (tertiary/aromatic N) is 3. The number of hydrogen-bond donors (Lipinski definition) is 2. The first-order valence-electron chi connectivity index (χ1n) is 6.40. The van der Waals surface area contributed by atoms with Gasteiger partial charge in [-0.05, 0) is 0 Å². The Labute approximate surface area is 118 Å². The third kappa shape index (κ3) is 2.21. The molecule has 9 nitrogen and oxygen atoms in total. The molecule has 0 radical (unpaired) electrons. The maximum atomic E-state index is 11.7. The van der Waals surface area contributed by atoms with E-state index in [1.807, 2.05) is 0 Å². The topological polar surface area (TPSA) is 133 Å². The molecule has 3 N–H and O–H groups in total. The van der Waals surface area contributed by atoms with Crippen LogP contribution in [0.3, 0.4) is 0 Å². The summed E-state index contributed by atoms with van der Waals surface area (Å²) >= 11 is 0. The monoisotopic (exact) mass is 291 g/mol. The van der Waals surface area contributed by atoms with Crippen LogP contribution in [0, 0.1) is 5.92 Å². The highest BCUT2D eigenvalue weighted by Crippen LogP contribution is 2.34. The molecule has 0 unspecified atom stereocenters. The van der Waals surface area contributed by atoms with Gasteiger partial charge in [0, 0.05) is 18.8 Å². The maximum Gasteiger partial charge on any atom is 0.280 e. The van der Waals surface area contributed by atoms with Gasteiger partial charge >= 0.3 is 0 Å². The van der Waals surface area contributed by atoms with E-state index in [1.165, 1.54) is 6.33 Å². The molecule has 3 heterocycles. The Hall–Kier alpha value is -2.55. The Morgan fingerprint density at radius 1 is 1.52 bits per heavy atom. The van der Waals surface area contributed by atoms with Gasteiger partial charge in [-0.15, -0.1) is 0 Å². The molecule has 2 aromatic heterocycles. The van der Waals surface area contributed by atoms with E-state index in [9.17, 15) is 14.4 Å². The number of carbonyl (C=O) groups is 2. The van der Waals surface area contributed by atoms with E-state index in [1.54, 1.807) is 4.57 Å². The van der Waals surface area contributed by atoms with Crippen molar-refractivity contribution in [3.8, 4) is 0 Å². The molecule has 1 saturated heterocycles. The second kappa shape index (κ2) is 5.09. The highest BCUT2D eigenvalue weighted by atomic mass is 16.5. The van der Waals surface area contributed by atoms with Crippen LogP contribution in [0.1, 0.15) is 19.1 Å². The summed E-state index contributed by atoms with van der Waals surface area (Å²) in [4.78, 5) is 43.8. The molecular formula is C12H13N5O4. The van der Waals surface area contributed by atoms with Crippen LogP contribution in [0.5, 0.6) is 0 Å². The molecule has 0 spiro atoms. The van der Waals surface area contributed by atoms with E-state index in [2.05, 4.69) is 15.0 Å². The molecule has 1 fully saturated rings. The highest BCUT2D eigenvalue weighted by Gasteiger charge is 2.36. The van der Waals surface area contributed by atoms with E-state index >= 15 is 0 Å². The number of nitrogens with two attached hydrogens (primary N) is 1. The van der Waals surface area contributed by atoms with Crippen LogP contribution in [0.2, 0.25) is 0 Å². The van der Waals surface area contributed by atoms with E-state index in [0.29, 0.717) is 6.42 Å². The predicted octanol–water partition coefficient (Wildman–Crippen LogP) is -0.607. The van der Waals surface area contributed by atoms with E-state index in [-0.39, 0.29) is 29.5 Å². The number of nitrogens with one attached hydrogen (secondary N) is 1. The Morgan fingerprint density at radius 2 is 2.33 bits per heavy atom. The van der Waals surface area contributed by atoms with Gasteiger partial charge in [0.2, 0.25) is 5.95 Å². The zero-order valence-corrected chi connectivity index (χ0v) is 10.9. The summed E-state index contributed by atoms with van der Waals surface area (Å²) in [7, 11) is 0. The van der Waals surface area contributed by atoms with Crippen LogP contribution >= 0.6 is 0 Å². The zero-order chi connectivity index (χ0) is 15.0. The van der Waals surface area contributed by atoms with Gasteiger partial charge in [-0.2, -0.15) is 4.98 Å². The van der Waals surface area contributed by atoms with Gasteiger partial charge in [-0.1, -0.05) is 0 Å². The lowest BCUT2D eigenvalue weighted by atomic mass is 10.0.